The van der Waals surface area contributed by atoms with Crippen LogP contribution in [0, 0.1) is 30.0 Å². The molecule has 2 fully saturated rings. The van der Waals surface area contributed by atoms with Crippen LogP contribution in [0.2, 0.25) is 0 Å². The number of nitriles is 1. The van der Waals surface area contributed by atoms with Crippen LogP contribution in [0.25, 0.3) is 11.3 Å². The lowest BCUT2D eigenvalue weighted by Crippen LogP contribution is -2.48. The lowest BCUT2D eigenvalue weighted by Gasteiger charge is -2.41. The van der Waals surface area contributed by atoms with Gasteiger partial charge in [0.05, 0.1) is 42.8 Å². The van der Waals surface area contributed by atoms with Gasteiger partial charge in [-0.15, -0.1) is 0 Å². The van der Waals surface area contributed by atoms with Crippen molar-refractivity contribution in [1.82, 2.24) is 9.55 Å². The van der Waals surface area contributed by atoms with E-state index in [1.54, 1.807) is 37.3 Å². The van der Waals surface area contributed by atoms with Crippen LogP contribution in [0.3, 0.4) is 0 Å². The fraction of sp³-hybridized carbons (Fsp3) is 0.321. The summed E-state index contributed by atoms with van der Waals surface area (Å²) in [5.41, 5.74) is 1.55. The summed E-state index contributed by atoms with van der Waals surface area (Å²) < 4.78 is 20.1. The van der Waals surface area contributed by atoms with Crippen LogP contribution in [-0.2, 0) is 26.3 Å². The minimum Gasteiger partial charge on any atom is -0.379 e. The van der Waals surface area contributed by atoms with Gasteiger partial charge in [0.25, 0.3) is 5.56 Å². The highest BCUT2D eigenvalue weighted by Crippen LogP contribution is 2.36. The van der Waals surface area contributed by atoms with Crippen LogP contribution in [0.5, 0.6) is 0 Å². The van der Waals surface area contributed by atoms with Gasteiger partial charge in [-0.25, -0.2) is 9.37 Å². The van der Waals surface area contributed by atoms with E-state index in [2.05, 4.69) is 16.4 Å². The highest BCUT2D eigenvalue weighted by Gasteiger charge is 2.42. The number of halogens is 1. The maximum Gasteiger partial charge on any atom is 0.254 e. The molecule has 1 aromatic heterocycles. The standard InChI is InChI=1S/C28H25FN4O4/c1-17-31-25(23-9-2-18(13-30)10-24(23)32-27(36)19-3-4-19)11-26(35)33(17)14-22(34)12-28(15-37-16-28)20-5-7-21(29)8-6-20/h2,5-11,19H,3-4,12,14-16H2,1H3,(H,32,36). The molecular formula is C28H25FN4O4. The maximum atomic E-state index is 13.4. The van der Waals surface area contributed by atoms with Gasteiger partial charge in [-0.05, 0) is 55.7 Å². The molecule has 1 saturated carbocycles. The molecule has 0 unspecified atom stereocenters. The second kappa shape index (κ2) is 9.71. The van der Waals surface area contributed by atoms with Crippen LogP contribution in [0.15, 0.2) is 53.3 Å². The third-order valence-corrected chi connectivity index (χ3v) is 6.91. The molecule has 0 bridgehead atoms. The Morgan fingerprint density at radius 3 is 2.51 bits per heavy atom. The first-order chi connectivity index (χ1) is 17.8. The smallest absolute Gasteiger partial charge is 0.254 e. The van der Waals surface area contributed by atoms with Gasteiger partial charge < -0.3 is 10.1 Å². The Hall–Kier alpha value is -4.16. The molecule has 2 aliphatic rings. The number of carbonyl (C=O) groups excluding carboxylic acids is 2. The van der Waals surface area contributed by atoms with Gasteiger partial charge in [-0.1, -0.05) is 12.1 Å². The van der Waals surface area contributed by atoms with E-state index in [9.17, 15) is 24.0 Å². The summed E-state index contributed by atoms with van der Waals surface area (Å²) in [7, 11) is 0. The molecule has 2 heterocycles. The predicted molar refractivity (Wildman–Crippen MR) is 133 cm³/mol. The van der Waals surface area contributed by atoms with Gasteiger partial charge in [0.2, 0.25) is 5.91 Å². The molecule has 1 amide bonds. The van der Waals surface area contributed by atoms with E-state index in [1.165, 1.54) is 22.8 Å². The third kappa shape index (κ3) is 5.06. The Morgan fingerprint density at radius 2 is 1.92 bits per heavy atom. The molecule has 188 valence electrons. The van der Waals surface area contributed by atoms with Gasteiger partial charge >= 0.3 is 0 Å². The normalized spacial score (nSPS) is 15.9. The number of nitrogens with zero attached hydrogens (tertiary/aromatic N) is 3. The number of amides is 1. The molecule has 1 aliphatic carbocycles. The van der Waals surface area contributed by atoms with E-state index in [0.717, 1.165) is 18.4 Å². The summed E-state index contributed by atoms with van der Waals surface area (Å²) in [5, 5.41) is 12.1. The van der Waals surface area contributed by atoms with Crippen LogP contribution in [0.4, 0.5) is 10.1 Å². The highest BCUT2D eigenvalue weighted by atomic mass is 19.1. The molecule has 1 aliphatic heterocycles. The summed E-state index contributed by atoms with van der Waals surface area (Å²) in [5.74, 6) is -0.325. The predicted octanol–water partition coefficient (Wildman–Crippen LogP) is 3.51. The molecule has 2 aromatic carbocycles. The first-order valence-electron chi connectivity index (χ1n) is 12.1. The SMILES string of the molecule is Cc1nc(-c2ccc(C#N)cc2NC(=O)C2CC2)cc(=O)n1CC(=O)CC1(c2ccc(F)cc2)COC1. The fourth-order valence-corrected chi connectivity index (χ4v) is 4.60. The third-order valence-electron chi connectivity index (χ3n) is 6.91. The second-order valence-electron chi connectivity index (χ2n) is 9.74. The Kier molecular flexibility index (Phi) is 6.44. The molecule has 3 aromatic rings. The monoisotopic (exact) mass is 500 g/mol. The zero-order valence-electron chi connectivity index (χ0n) is 20.3. The van der Waals surface area contributed by atoms with Gasteiger partial charge in [0.1, 0.15) is 11.6 Å². The molecule has 5 rings (SSSR count). The molecule has 1 saturated heterocycles. The summed E-state index contributed by atoms with van der Waals surface area (Å²) >= 11 is 0. The van der Waals surface area contributed by atoms with E-state index < -0.39 is 11.0 Å². The first-order valence-corrected chi connectivity index (χ1v) is 12.1. The summed E-state index contributed by atoms with van der Waals surface area (Å²) in [6.07, 6.45) is 1.81. The average molecular weight is 501 g/mol. The van der Waals surface area contributed by atoms with Crippen LogP contribution in [0.1, 0.15) is 36.2 Å². The van der Waals surface area contributed by atoms with E-state index in [0.29, 0.717) is 41.5 Å². The topological polar surface area (TPSA) is 114 Å². The first kappa shape index (κ1) is 24.5. The largest absolute Gasteiger partial charge is 0.379 e. The van der Waals surface area contributed by atoms with Crippen LogP contribution in [-0.4, -0.2) is 34.5 Å². The molecule has 0 radical (unpaired) electrons. The molecule has 0 spiro atoms. The number of aromatic nitrogens is 2. The number of nitrogens with one attached hydrogen (secondary N) is 1. The van der Waals surface area contributed by atoms with Crippen molar-refractivity contribution >= 4 is 17.4 Å². The number of ketones is 1. The molecule has 0 atom stereocenters. The fourth-order valence-electron chi connectivity index (χ4n) is 4.60. The lowest BCUT2D eigenvalue weighted by molar-refractivity contribution is -0.128. The molecule has 9 heteroatoms. The zero-order valence-corrected chi connectivity index (χ0v) is 20.3. The average Bonchev–Trinajstić information content (AvgIpc) is 3.70. The molecule has 1 N–H and O–H groups in total. The van der Waals surface area contributed by atoms with Gasteiger partial charge in [0, 0.05) is 29.4 Å². The van der Waals surface area contributed by atoms with Crippen molar-refractivity contribution in [3.05, 3.63) is 81.7 Å². The minimum absolute atomic E-state index is 0.0356. The number of Topliss-reactive ketones (excluding diaryl/α,β-unsaturated/α-hetero) is 1. The Bertz CT molecular complexity index is 1480. The van der Waals surface area contributed by atoms with E-state index in [-0.39, 0.29) is 36.4 Å². The number of rotatable bonds is 8. The number of anilines is 1. The van der Waals surface area contributed by atoms with Crippen molar-refractivity contribution in [2.75, 3.05) is 18.5 Å². The van der Waals surface area contributed by atoms with Crippen molar-refractivity contribution in [2.24, 2.45) is 5.92 Å². The van der Waals surface area contributed by atoms with E-state index in [1.807, 2.05) is 0 Å². The number of hydrogen-bond donors (Lipinski definition) is 1. The Labute approximate surface area is 212 Å². The highest BCUT2D eigenvalue weighted by molar-refractivity contribution is 5.97. The quantitative estimate of drug-likeness (QED) is 0.506. The van der Waals surface area contributed by atoms with Gasteiger partial charge in [-0.3, -0.25) is 19.0 Å². The van der Waals surface area contributed by atoms with Gasteiger partial charge in [0.15, 0.2) is 5.78 Å². The van der Waals surface area contributed by atoms with E-state index >= 15 is 0 Å². The summed E-state index contributed by atoms with van der Waals surface area (Å²) in [4.78, 5) is 43.0. The zero-order chi connectivity index (χ0) is 26.2. The lowest BCUT2D eigenvalue weighted by atomic mass is 9.74. The van der Waals surface area contributed by atoms with Crippen molar-refractivity contribution in [2.45, 2.75) is 38.1 Å². The maximum absolute atomic E-state index is 13.4. The molecule has 8 nitrogen and oxygen atoms in total. The van der Waals surface area contributed by atoms with Crippen molar-refractivity contribution < 1.29 is 18.7 Å². The summed E-state index contributed by atoms with van der Waals surface area (Å²) in [6.45, 7) is 2.19. The number of carbonyl (C=O) groups is 2. The van der Waals surface area contributed by atoms with Crippen molar-refractivity contribution in [3.8, 4) is 17.3 Å². The number of benzene rings is 2. The van der Waals surface area contributed by atoms with Crippen molar-refractivity contribution in [3.63, 3.8) is 0 Å². The van der Waals surface area contributed by atoms with Crippen LogP contribution >= 0.6 is 0 Å². The number of hydrogen-bond acceptors (Lipinski definition) is 6. The second-order valence-corrected chi connectivity index (χ2v) is 9.74. The van der Waals surface area contributed by atoms with E-state index in [4.69, 9.17) is 4.74 Å². The van der Waals surface area contributed by atoms with Crippen LogP contribution < -0.4 is 10.9 Å². The molecular weight excluding hydrogens is 475 g/mol. The van der Waals surface area contributed by atoms with Crippen molar-refractivity contribution in [1.29, 1.82) is 5.26 Å². The molecule has 37 heavy (non-hydrogen) atoms. The summed E-state index contributed by atoms with van der Waals surface area (Å²) in [6, 6.07) is 14.3. The number of ether oxygens (including phenoxy) is 1. The Balaban J connectivity index is 1.38. The minimum atomic E-state index is -0.535. The van der Waals surface area contributed by atoms with Gasteiger partial charge in [-0.2, -0.15) is 5.26 Å². The number of aryl methyl sites for hydroxylation is 1. The Morgan fingerprint density at radius 1 is 1.19 bits per heavy atom.